The monoisotopic (exact) mass is 322 g/mol. The molecule has 0 aliphatic carbocycles. The number of methoxy groups -OCH3 is 1. The molecule has 0 aliphatic heterocycles. The summed E-state index contributed by atoms with van der Waals surface area (Å²) in [4.78, 5) is 0. The van der Waals surface area contributed by atoms with Gasteiger partial charge in [0.25, 0.3) is 0 Å². The Morgan fingerprint density at radius 3 is 2.50 bits per heavy atom. The molecule has 6 heteroatoms. The molecule has 0 aliphatic rings. The number of nitrogens with one attached hydrogen (secondary N) is 2. The molecular formula is C16H16F2N2OS. The Morgan fingerprint density at radius 1 is 1.14 bits per heavy atom. The third kappa shape index (κ3) is 4.66. The Balaban J connectivity index is 1.79. The highest BCUT2D eigenvalue weighted by Gasteiger charge is 2.05. The molecule has 2 rings (SSSR count). The van der Waals surface area contributed by atoms with Crippen LogP contribution in [-0.4, -0.2) is 18.8 Å². The average Bonchev–Trinajstić information content (AvgIpc) is 2.51. The molecule has 22 heavy (non-hydrogen) atoms. The lowest BCUT2D eigenvalue weighted by molar-refractivity contribution is 0.414. The largest absolute Gasteiger partial charge is 0.497 e. The first kappa shape index (κ1) is 16.2. The fourth-order valence-electron chi connectivity index (χ4n) is 1.87. The van der Waals surface area contributed by atoms with Crippen molar-refractivity contribution in [2.75, 3.05) is 19.0 Å². The fourth-order valence-corrected chi connectivity index (χ4v) is 2.08. The van der Waals surface area contributed by atoms with Crippen LogP contribution in [-0.2, 0) is 6.42 Å². The molecule has 0 unspecified atom stereocenters. The minimum Gasteiger partial charge on any atom is -0.497 e. The van der Waals surface area contributed by atoms with Crippen molar-refractivity contribution in [1.82, 2.24) is 5.32 Å². The second-order valence-electron chi connectivity index (χ2n) is 4.60. The first-order valence-electron chi connectivity index (χ1n) is 6.71. The highest BCUT2D eigenvalue weighted by molar-refractivity contribution is 7.80. The van der Waals surface area contributed by atoms with Gasteiger partial charge in [-0.1, -0.05) is 12.1 Å². The van der Waals surface area contributed by atoms with Crippen LogP contribution in [0, 0.1) is 11.6 Å². The molecule has 0 bridgehead atoms. The number of thiocarbonyl (C=S) groups is 1. The van der Waals surface area contributed by atoms with E-state index in [1.165, 1.54) is 12.1 Å². The molecule has 0 fully saturated rings. The minimum atomic E-state index is -0.681. The van der Waals surface area contributed by atoms with E-state index in [0.29, 0.717) is 11.7 Å². The Labute approximate surface area is 133 Å². The van der Waals surface area contributed by atoms with Crippen LogP contribution >= 0.6 is 12.2 Å². The Morgan fingerprint density at radius 2 is 1.86 bits per heavy atom. The highest BCUT2D eigenvalue weighted by Crippen LogP contribution is 2.15. The summed E-state index contributed by atoms with van der Waals surface area (Å²) < 4.78 is 31.4. The summed E-state index contributed by atoms with van der Waals surface area (Å²) in [6.07, 6.45) is 0.762. The van der Waals surface area contributed by atoms with E-state index in [2.05, 4.69) is 10.6 Å². The maximum atomic E-state index is 13.5. The maximum absolute atomic E-state index is 13.5. The standard InChI is InChI=1S/C16H16F2N2OS/c1-21-13-5-2-11(3-6-13)8-9-19-16(22)20-15-7-4-12(17)10-14(15)18/h2-7,10H,8-9H2,1H3,(H2,19,20,22). The van der Waals surface area contributed by atoms with E-state index >= 15 is 0 Å². The summed E-state index contributed by atoms with van der Waals surface area (Å²) in [6.45, 7) is 0.598. The van der Waals surface area contributed by atoms with Gasteiger partial charge in [-0.25, -0.2) is 8.78 Å². The van der Waals surface area contributed by atoms with Gasteiger partial charge in [-0.05, 0) is 48.5 Å². The molecule has 0 spiro atoms. The van der Waals surface area contributed by atoms with Gasteiger partial charge >= 0.3 is 0 Å². The summed E-state index contributed by atoms with van der Waals surface area (Å²) >= 11 is 5.08. The predicted molar refractivity (Wildman–Crippen MR) is 87.3 cm³/mol. The maximum Gasteiger partial charge on any atom is 0.170 e. The molecule has 2 aromatic rings. The number of hydrogen-bond acceptors (Lipinski definition) is 2. The van der Waals surface area contributed by atoms with Crippen molar-refractivity contribution in [3.63, 3.8) is 0 Å². The topological polar surface area (TPSA) is 33.3 Å². The molecule has 0 heterocycles. The van der Waals surface area contributed by atoms with Crippen molar-refractivity contribution < 1.29 is 13.5 Å². The number of halogens is 2. The molecule has 0 saturated carbocycles. The zero-order valence-electron chi connectivity index (χ0n) is 12.0. The van der Waals surface area contributed by atoms with Crippen LogP contribution < -0.4 is 15.4 Å². The lowest BCUT2D eigenvalue weighted by Crippen LogP contribution is -2.30. The van der Waals surface area contributed by atoms with Gasteiger partial charge in [0.2, 0.25) is 0 Å². The average molecular weight is 322 g/mol. The van der Waals surface area contributed by atoms with Crippen molar-refractivity contribution in [1.29, 1.82) is 0 Å². The van der Waals surface area contributed by atoms with E-state index in [0.717, 1.165) is 23.8 Å². The SMILES string of the molecule is COc1ccc(CCNC(=S)Nc2ccc(F)cc2F)cc1. The van der Waals surface area contributed by atoms with E-state index in [4.69, 9.17) is 17.0 Å². The van der Waals surface area contributed by atoms with Gasteiger partial charge in [0.05, 0.1) is 12.8 Å². The third-order valence-corrected chi connectivity index (χ3v) is 3.28. The lowest BCUT2D eigenvalue weighted by Gasteiger charge is -2.11. The van der Waals surface area contributed by atoms with Gasteiger partial charge in [-0.3, -0.25) is 0 Å². The highest BCUT2D eigenvalue weighted by atomic mass is 32.1. The summed E-state index contributed by atoms with van der Waals surface area (Å²) in [5.41, 5.74) is 1.27. The Kier molecular flexibility index (Phi) is 5.66. The lowest BCUT2D eigenvalue weighted by atomic mass is 10.1. The van der Waals surface area contributed by atoms with Gasteiger partial charge in [-0.15, -0.1) is 0 Å². The zero-order chi connectivity index (χ0) is 15.9. The van der Waals surface area contributed by atoms with Crippen LogP contribution in [0.1, 0.15) is 5.56 Å². The van der Waals surface area contributed by atoms with Gasteiger partial charge in [0, 0.05) is 12.6 Å². The summed E-state index contributed by atoms with van der Waals surface area (Å²) in [5, 5.41) is 5.97. The molecule has 0 aromatic heterocycles. The van der Waals surface area contributed by atoms with E-state index in [1.54, 1.807) is 7.11 Å². The Hall–Kier alpha value is -2.21. The second kappa shape index (κ2) is 7.70. The molecule has 0 atom stereocenters. The molecule has 0 radical (unpaired) electrons. The fraction of sp³-hybridized carbons (Fsp3) is 0.188. The van der Waals surface area contributed by atoms with Crippen molar-refractivity contribution in [3.05, 3.63) is 59.7 Å². The second-order valence-corrected chi connectivity index (χ2v) is 5.01. The summed E-state index contributed by atoms with van der Waals surface area (Å²) in [6, 6.07) is 11.0. The van der Waals surface area contributed by atoms with E-state index < -0.39 is 11.6 Å². The van der Waals surface area contributed by atoms with Gasteiger partial charge in [0.15, 0.2) is 5.11 Å². The molecule has 0 saturated heterocycles. The molecule has 2 aromatic carbocycles. The normalized spacial score (nSPS) is 10.1. The number of anilines is 1. The Bertz CT molecular complexity index is 647. The number of hydrogen-bond donors (Lipinski definition) is 2. The van der Waals surface area contributed by atoms with Crippen molar-refractivity contribution in [2.45, 2.75) is 6.42 Å². The molecular weight excluding hydrogens is 306 g/mol. The van der Waals surface area contributed by atoms with E-state index in [1.807, 2.05) is 24.3 Å². The molecule has 0 amide bonds. The minimum absolute atomic E-state index is 0.142. The van der Waals surface area contributed by atoms with Crippen molar-refractivity contribution in [3.8, 4) is 5.75 Å². The van der Waals surface area contributed by atoms with Crippen molar-refractivity contribution in [2.24, 2.45) is 0 Å². The summed E-state index contributed by atoms with van der Waals surface area (Å²) in [7, 11) is 1.62. The van der Waals surface area contributed by atoms with Crippen LogP contribution in [0.4, 0.5) is 14.5 Å². The van der Waals surface area contributed by atoms with Gasteiger partial charge < -0.3 is 15.4 Å². The number of rotatable bonds is 5. The first-order valence-corrected chi connectivity index (χ1v) is 7.12. The van der Waals surface area contributed by atoms with Gasteiger partial charge in [0.1, 0.15) is 17.4 Å². The van der Waals surface area contributed by atoms with Crippen LogP contribution in [0.25, 0.3) is 0 Å². The third-order valence-electron chi connectivity index (χ3n) is 3.04. The molecule has 116 valence electrons. The predicted octanol–water partition coefficient (Wildman–Crippen LogP) is 3.50. The van der Waals surface area contributed by atoms with Crippen LogP contribution in [0.15, 0.2) is 42.5 Å². The van der Waals surface area contributed by atoms with Gasteiger partial charge in [-0.2, -0.15) is 0 Å². The quantitative estimate of drug-likeness (QED) is 0.826. The van der Waals surface area contributed by atoms with E-state index in [-0.39, 0.29) is 5.69 Å². The molecule has 3 nitrogen and oxygen atoms in total. The first-order chi connectivity index (χ1) is 10.6. The smallest absolute Gasteiger partial charge is 0.170 e. The zero-order valence-corrected chi connectivity index (χ0v) is 12.8. The molecule has 2 N–H and O–H groups in total. The number of benzene rings is 2. The van der Waals surface area contributed by atoms with Crippen LogP contribution in [0.3, 0.4) is 0 Å². The van der Waals surface area contributed by atoms with Crippen molar-refractivity contribution >= 4 is 23.0 Å². The summed E-state index contributed by atoms with van der Waals surface area (Å²) in [5.74, 6) is -0.499. The van der Waals surface area contributed by atoms with Crippen LogP contribution in [0.5, 0.6) is 5.75 Å². The number of ether oxygens (including phenoxy) is 1. The van der Waals surface area contributed by atoms with Crippen LogP contribution in [0.2, 0.25) is 0 Å². The van der Waals surface area contributed by atoms with E-state index in [9.17, 15) is 8.78 Å².